The van der Waals surface area contributed by atoms with Crippen molar-refractivity contribution in [2.45, 2.75) is 6.04 Å². The molecule has 0 radical (unpaired) electrons. The molecule has 6 heteroatoms. The van der Waals surface area contributed by atoms with E-state index in [4.69, 9.17) is 16.6 Å². The van der Waals surface area contributed by atoms with Gasteiger partial charge in [-0.1, -0.05) is 90.5 Å². The summed E-state index contributed by atoms with van der Waals surface area (Å²) >= 11 is 6.35. The molecule has 5 rings (SSSR count). The molecule has 1 aliphatic heterocycles. The summed E-state index contributed by atoms with van der Waals surface area (Å²) in [5.41, 5.74) is 3.74. The van der Waals surface area contributed by atoms with Gasteiger partial charge < -0.3 is 4.90 Å². The predicted octanol–water partition coefficient (Wildman–Crippen LogP) is 5.00. The van der Waals surface area contributed by atoms with Crippen molar-refractivity contribution in [2.24, 2.45) is 0 Å². The summed E-state index contributed by atoms with van der Waals surface area (Å²) in [6, 6.07) is 30.4. The Morgan fingerprint density at radius 2 is 1.36 bits per heavy atom. The molecule has 0 bridgehead atoms. The van der Waals surface area contributed by atoms with Gasteiger partial charge in [-0.2, -0.15) is 0 Å². The van der Waals surface area contributed by atoms with Crippen molar-refractivity contribution in [3.05, 3.63) is 117 Å². The SMILES string of the molecule is O=c1cc(-c2ccccc2Cl)nc(N2CCN(C(c3ccccc3)c3ccccc3)CC2)[nH]1. The Balaban J connectivity index is 1.39. The number of hydrogen-bond donors (Lipinski definition) is 1. The lowest BCUT2D eigenvalue weighted by atomic mass is 9.96. The first kappa shape index (κ1) is 21.4. The fraction of sp³-hybridized carbons (Fsp3) is 0.185. The largest absolute Gasteiger partial charge is 0.340 e. The Bertz CT molecular complexity index is 1230. The van der Waals surface area contributed by atoms with Crippen molar-refractivity contribution in [3.63, 3.8) is 0 Å². The van der Waals surface area contributed by atoms with Gasteiger partial charge in [-0.25, -0.2) is 4.98 Å². The normalized spacial score (nSPS) is 14.5. The molecule has 4 aromatic rings. The highest BCUT2D eigenvalue weighted by Crippen LogP contribution is 2.30. The zero-order chi connectivity index (χ0) is 22.6. The van der Waals surface area contributed by atoms with Gasteiger partial charge in [0, 0.05) is 42.8 Å². The third kappa shape index (κ3) is 4.70. The summed E-state index contributed by atoms with van der Waals surface area (Å²) in [6.07, 6.45) is 0. The Hall–Kier alpha value is -3.41. The van der Waals surface area contributed by atoms with Gasteiger partial charge in [0.05, 0.1) is 11.7 Å². The molecule has 1 saturated heterocycles. The number of nitrogens with one attached hydrogen (secondary N) is 1. The second-order valence-electron chi connectivity index (χ2n) is 8.18. The van der Waals surface area contributed by atoms with E-state index in [1.807, 2.05) is 24.3 Å². The number of aromatic amines is 1. The zero-order valence-corrected chi connectivity index (χ0v) is 18.9. The molecule has 1 fully saturated rings. The number of benzene rings is 3. The van der Waals surface area contributed by atoms with Crippen molar-refractivity contribution in [1.29, 1.82) is 0 Å². The van der Waals surface area contributed by atoms with Crippen LogP contribution >= 0.6 is 11.6 Å². The molecule has 0 atom stereocenters. The minimum absolute atomic E-state index is 0.177. The molecule has 0 aliphatic carbocycles. The maximum Gasteiger partial charge on any atom is 0.252 e. The maximum absolute atomic E-state index is 12.4. The number of halogens is 1. The van der Waals surface area contributed by atoms with Crippen LogP contribution in [0.3, 0.4) is 0 Å². The highest BCUT2D eigenvalue weighted by atomic mass is 35.5. The zero-order valence-electron chi connectivity index (χ0n) is 18.2. The fourth-order valence-corrected chi connectivity index (χ4v) is 4.71. The number of anilines is 1. The van der Waals surface area contributed by atoms with Crippen LogP contribution in [0.2, 0.25) is 5.02 Å². The lowest BCUT2D eigenvalue weighted by Crippen LogP contribution is -2.48. The number of piperazine rings is 1. The summed E-state index contributed by atoms with van der Waals surface area (Å²) in [7, 11) is 0. The second-order valence-corrected chi connectivity index (χ2v) is 8.59. The fourth-order valence-electron chi connectivity index (χ4n) is 4.48. The first-order valence-electron chi connectivity index (χ1n) is 11.1. The van der Waals surface area contributed by atoms with Crippen LogP contribution in [-0.4, -0.2) is 41.0 Å². The van der Waals surface area contributed by atoms with E-state index in [-0.39, 0.29) is 11.6 Å². The third-order valence-corrected chi connectivity index (χ3v) is 6.42. The number of aromatic nitrogens is 2. The van der Waals surface area contributed by atoms with E-state index in [1.54, 1.807) is 0 Å². The summed E-state index contributed by atoms with van der Waals surface area (Å²) in [4.78, 5) is 24.7. The lowest BCUT2D eigenvalue weighted by Gasteiger charge is -2.40. The van der Waals surface area contributed by atoms with Crippen LogP contribution in [0.1, 0.15) is 17.2 Å². The highest BCUT2D eigenvalue weighted by Gasteiger charge is 2.27. The van der Waals surface area contributed by atoms with Crippen LogP contribution in [-0.2, 0) is 0 Å². The topological polar surface area (TPSA) is 52.2 Å². The number of rotatable bonds is 5. The number of H-pyrrole nitrogens is 1. The smallest absolute Gasteiger partial charge is 0.252 e. The van der Waals surface area contributed by atoms with Gasteiger partial charge in [-0.05, 0) is 17.2 Å². The van der Waals surface area contributed by atoms with Gasteiger partial charge in [-0.3, -0.25) is 14.7 Å². The molecule has 2 heterocycles. The minimum Gasteiger partial charge on any atom is -0.340 e. The van der Waals surface area contributed by atoms with E-state index in [0.29, 0.717) is 16.7 Å². The summed E-state index contributed by atoms with van der Waals surface area (Å²) in [6.45, 7) is 3.25. The molecule has 0 amide bonds. The first-order valence-corrected chi connectivity index (χ1v) is 11.5. The van der Waals surface area contributed by atoms with Gasteiger partial charge in [0.1, 0.15) is 0 Å². The first-order chi connectivity index (χ1) is 16.2. The average molecular weight is 457 g/mol. The van der Waals surface area contributed by atoms with E-state index in [9.17, 15) is 4.79 Å². The molecule has 166 valence electrons. The molecule has 1 aromatic heterocycles. The Morgan fingerprint density at radius 1 is 0.788 bits per heavy atom. The lowest BCUT2D eigenvalue weighted by molar-refractivity contribution is 0.211. The summed E-state index contributed by atoms with van der Waals surface area (Å²) in [5.74, 6) is 0.591. The molecule has 1 N–H and O–H groups in total. The van der Waals surface area contributed by atoms with E-state index >= 15 is 0 Å². The van der Waals surface area contributed by atoms with Gasteiger partial charge >= 0.3 is 0 Å². The Morgan fingerprint density at radius 3 is 1.97 bits per heavy atom. The molecule has 3 aromatic carbocycles. The van der Waals surface area contributed by atoms with E-state index < -0.39 is 0 Å². The van der Waals surface area contributed by atoms with Crippen molar-refractivity contribution >= 4 is 17.5 Å². The van der Waals surface area contributed by atoms with E-state index in [1.165, 1.54) is 17.2 Å². The molecule has 0 spiro atoms. The molecule has 5 nitrogen and oxygen atoms in total. The minimum atomic E-state index is -0.177. The van der Waals surface area contributed by atoms with Crippen LogP contribution in [0.15, 0.2) is 95.8 Å². The summed E-state index contributed by atoms with van der Waals surface area (Å²) in [5, 5.41) is 0.583. The van der Waals surface area contributed by atoms with Crippen LogP contribution < -0.4 is 10.5 Å². The number of nitrogens with zero attached hydrogens (tertiary/aromatic N) is 3. The van der Waals surface area contributed by atoms with E-state index in [2.05, 4.69) is 75.4 Å². The average Bonchev–Trinajstić information content (AvgIpc) is 2.86. The second kappa shape index (κ2) is 9.61. The maximum atomic E-state index is 12.4. The summed E-state index contributed by atoms with van der Waals surface area (Å²) < 4.78 is 0. The van der Waals surface area contributed by atoms with Crippen LogP contribution in [0.4, 0.5) is 5.95 Å². The van der Waals surface area contributed by atoms with E-state index in [0.717, 1.165) is 31.7 Å². The van der Waals surface area contributed by atoms with Crippen LogP contribution in [0.5, 0.6) is 0 Å². The highest BCUT2D eigenvalue weighted by molar-refractivity contribution is 6.33. The van der Waals surface area contributed by atoms with Crippen molar-refractivity contribution in [1.82, 2.24) is 14.9 Å². The predicted molar refractivity (Wildman–Crippen MR) is 134 cm³/mol. The number of hydrogen-bond acceptors (Lipinski definition) is 4. The van der Waals surface area contributed by atoms with Crippen molar-refractivity contribution in [2.75, 3.05) is 31.1 Å². The van der Waals surface area contributed by atoms with Gasteiger partial charge in [0.25, 0.3) is 5.56 Å². The molecule has 0 saturated carbocycles. The van der Waals surface area contributed by atoms with Gasteiger partial charge in [0.2, 0.25) is 5.95 Å². The standard InChI is InChI=1S/C27H25ClN4O/c28-23-14-8-7-13-22(23)24-19-25(33)30-27(29-24)32-17-15-31(16-18-32)26(20-9-3-1-4-10-20)21-11-5-2-6-12-21/h1-14,19,26H,15-18H2,(H,29,30,33). The van der Waals surface area contributed by atoms with Crippen LogP contribution in [0, 0.1) is 0 Å². The van der Waals surface area contributed by atoms with Gasteiger partial charge in [-0.15, -0.1) is 0 Å². The van der Waals surface area contributed by atoms with Crippen LogP contribution in [0.25, 0.3) is 11.3 Å². The Kier molecular flexibility index (Phi) is 6.24. The monoisotopic (exact) mass is 456 g/mol. The molecular weight excluding hydrogens is 432 g/mol. The molecular formula is C27H25ClN4O. The molecule has 0 unspecified atom stereocenters. The van der Waals surface area contributed by atoms with Crippen molar-refractivity contribution in [3.8, 4) is 11.3 Å². The quantitative estimate of drug-likeness (QED) is 0.459. The molecule has 33 heavy (non-hydrogen) atoms. The van der Waals surface area contributed by atoms with Gasteiger partial charge in [0.15, 0.2) is 0 Å². The van der Waals surface area contributed by atoms with Crippen molar-refractivity contribution < 1.29 is 0 Å². The Labute approximate surface area is 198 Å². The molecule has 1 aliphatic rings. The third-order valence-electron chi connectivity index (χ3n) is 6.09.